The highest BCUT2D eigenvalue weighted by molar-refractivity contribution is 7.12. The number of rotatable bonds is 6. The summed E-state index contributed by atoms with van der Waals surface area (Å²) in [6, 6.07) is 3.60. The Morgan fingerprint density at radius 2 is 2.05 bits per heavy atom. The predicted molar refractivity (Wildman–Crippen MR) is 86.9 cm³/mol. The van der Waals surface area contributed by atoms with E-state index < -0.39 is 0 Å². The number of nitrogens with one attached hydrogen (secondary N) is 2. The maximum absolute atomic E-state index is 11.9. The summed E-state index contributed by atoms with van der Waals surface area (Å²) in [5.74, 6) is -0.161. The normalized spacial score (nSPS) is 16.0. The standard InChI is InChI=1S/C14H21N3O2S.ClH/c15-10-14(6-1-2-7-14)17-12(18)5-8-16-13(19)11-4-3-9-20-11;/h3-4,9H,1-2,5-8,10,15H2,(H,16,19)(H,17,18);1H. The number of halogens is 1. The van der Waals surface area contributed by atoms with Crippen LogP contribution in [-0.2, 0) is 4.79 Å². The van der Waals surface area contributed by atoms with E-state index in [9.17, 15) is 9.59 Å². The van der Waals surface area contributed by atoms with Crippen LogP contribution >= 0.6 is 23.7 Å². The van der Waals surface area contributed by atoms with Crippen molar-refractivity contribution < 1.29 is 9.59 Å². The monoisotopic (exact) mass is 331 g/mol. The molecule has 5 nitrogen and oxygen atoms in total. The van der Waals surface area contributed by atoms with E-state index in [-0.39, 0.29) is 29.8 Å². The lowest BCUT2D eigenvalue weighted by Gasteiger charge is -2.28. The molecule has 1 saturated carbocycles. The number of hydrogen-bond donors (Lipinski definition) is 3. The molecule has 0 saturated heterocycles. The summed E-state index contributed by atoms with van der Waals surface area (Å²) < 4.78 is 0. The Morgan fingerprint density at radius 1 is 1.33 bits per heavy atom. The first-order valence-electron chi connectivity index (χ1n) is 6.98. The van der Waals surface area contributed by atoms with E-state index in [2.05, 4.69) is 10.6 Å². The molecule has 1 fully saturated rings. The summed E-state index contributed by atoms with van der Waals surface area (Å²) in [5, 5.41) is 7.64. The van der Waals surface area contributed by atoms with E-state index in [0.717, 1.165) is 25.7 Å². The van der Waals surface area contributed by atoms with E-state index in [1.807, 2.05) is 11.4 Å². The number of amides is 2. The van der Waals surface area contributed by atoms with E-state index in [1.54, 1.807) is 6.07 Å². The van der Waals surface area contributed by atoms with Gasteiger partial charge in [0.1, 0.15) is 0 Å². The van der Waals surface area contributed by atoms with Crippen molar-refractivity contribution in [2.75, 3.05) is 13.1 Å². The van der Waals surface area contributed by atoms with Crippen LogP contribution in [0.3, 0.4) is 0 Å². The summed E-state index contributed by atoms with van der Waals surface area (Å²) in [4.78, 5) is 24.3. The van der Waals surface area contributed by atoms with Crippen LogP contribution < -0.4 is 16.4 Å². The van der Waals surface area contributed by atoms with Crippen LogP contribution in [0.15, 0.2) is 17.5 Å². The minimum Gasteiger partial charge on any atom is -0.351 e. The van der Waals surface area contributed by atoms with Crippen LogP contribution in [0.4, 0.5) is 0 Å². The van der Waals surface area contributed by atoms with E-state index in [0.29, 0.717) is 24.4 Å². The highest BCUT2D eigenvalue weighted by atomic mass is 35.5. The Hall–Kier alpha value is -1.11. The first kappa shape index (κ1) is 17.9. The Kier molecular flexibility index (Phi) is 7.14. The van der Waals surface area contributed by atoms with Crippen molar-refractivity contribution in [3.63, 3.8) is 0 Å². The number of hydrogen-bond acceptors (Lipinski definition) is 4. The molecular weight excluding hydrogens is 310 g/mol. The largest absolute Gasteiger partial charge is 0.351 e. The van der Waals surface area contributed by atoms with Crippen LogP contribution in [0.1, 0.15) is 41.8 Å². The minimum absolute atomic E-state index is 0. The molecule has 1 aromatic rings. The number of carbonyl (C=O) groups is 2. The van der Waals surface area contributed by atoms with Gasteiger partial charge in [0.15, 0.2) is 0 Å². The Balaban J connectivity index is 0.00000220. The van der Waals surface area contributed by atoms with Gasteiger partial charge in [0.2, 0.25) is 5.91 Å². The number of carbonyl (C=O) groups excluding carboxylic acids is 2. The molecule has 1 heterocycles. The summed E-state index contributed by atoms with van der Waals surface area (Å²) in [6.45, 7) is 0.837. The Bertz CT molecular complexity index is 459. The van der Waals surface area contributed by atoms with Crippen molar-refractivity contribution in [1.82, 2.24) is 10.6 Å². The van der Waals surface area contributed by atoms with Gasteiger partial charge in [-0.3, -0.25) is 9.59 Å². The zero-order chi connectivity index (χ0) is 14.4. The van der Waals surface area contributed by atoms with Gasteiger partial charge in [-0.05, 0) is 24.3 Å². The molecule has 0 unspecified atom stereocenters. The molecule has 0 spiro atoms. The summed E-state index contributed by atoms with van der Waals surface area (Å²) >= 11 is 1.39. The fourth-order valence-corrected chi connectivity index (χ4v) is 3.21. The fraction of sp³-hybridized carbons (Fsp3) is 0.571. The molecule has 0 aromatic carbocycles. The van der Waals surface area contributed by atoms with Gasteiger partial charge < -0.3 is 16.4 Å². The molecule has 118 valence electrons. The van der Waals surface area contributed by atoms with Gasteiger partial charge in [-0.1, -0.05) is 18.9 Å². The molecule has 0 atom stereocenters. The van der Waals surface area contributed by atoms with Crippen LogP contribution in [0.25, 0.3) is 0 Å². The maximum Gasteiger partial charge on any atom is 0.261 e. The average Bonchev–Trinajstić information content (AvgIpc) is 3.10. The first-order chi connectivity index (χ1) is 9.65. The summed E-state index contributed by atoms with van der Waals surface area (Å²) in [6.07, 6.45) is 4.44. The van der Waals surface area contributed by atoms with Gasteiger partial charge in [0, 0.05) is 19.5 Å². The third-order valence-corrected chi connectivity index (χ3v) is 4.61. The first-order valence-corrected chi connectivity index (χ1v) is 7.86. The summed E-state index contributed by atoms with van der Waals surface area (Å²) in [5.41, 5.74) is 5.56. The predicted octanol–water partition coefficient (Wildman–Crippen LogP) is 1.68. The quantitative estimate of drug-likeness (QED) is 0.741. The lowest BCUT2D eigenvalue weighted by atomic mass is 9.97. The zero-order valence-corrected chi connectivity index (χ0v) is 13.5. The number of nitrogens with two attached hydrogens (primary N) is 1. The highest BCUT2D eigenvalue weighted by Gasteiger charge is 2.33. The smallest absolute Gasteiger partial charge is 0.261 e. The van der Waals surface area contributed by atoms with Crippen LogP contribution in [0.5, 0.6) is 0 Å². The lowest BCUT2D eigenvalue weighted by molar-refractivity contribution is -0.122. The van der Waals surface area contributed by atoms with Gasteiger partial charge in [0.05, 0.1) is 10.4 Å². The van der Waals surface area contributed by atoms with Gasteiger partial charge >= 0.3 is 0 Å². The zero-order valence-electron chi connectivity index (χ0n) is 11.9. The third kappa shape index (κ3) is 4.98. The molecule has 21 heavy (non-hydrogen) atoms. The molecule has 1 aliphatic rings. The topological polar surface area (TPSA) is 84.2 Å². The van der Waals surface area contributed by atoms with Crippen molar-refractivity contribution in [1.29, 1.82) is 0 Å². The molecular formula is C14H22ClN3O2S. The van der Waals surface area contributed by atoms with Crippen LogP contribution in [0, 0.1) is 0 Å². The van der Waals surface area contributed by atoms with Crippen molar-refractivity contribution in [3.05, 3.63) is 22.4 Å². The minimum atomic E-state index is -0.213. The molecule has 0 aliphatic heterocycles. The molecule has 7 heteroatoms. The van der Waals surface area contributed by atoms with Gasteiger partial charge in [-0.15, -0.1) is 23.7 Å². The Labute approximate surface area is 135 Å². The number of thiophene rings is 1. The highest BCUT2D eigenvalue weighted by Crippen LogP contribution is 2.28. The van der Waals surface area contributed by atoms with Crippen molar-refractivity contribution in [3.8, 4) is 0 Å². The SMILES string of the molecule is Cl.NCC1(NC(=O)CCNC(=O)c2cccs2)CCCC1. The Morgan fingerprint density at radius 3 is 2.62 bits per heavy atom. The molecule has 2 rings (SSSR count). The summed E-state index contributed by atoms with van der Waals surface area (Å²) in [7, 11) is 0. The van der Waals surface area contributed by atoms with E-state index >= 15 is 0 Å². The maximum atomic E-state index is 11.9. The second-order valence-electron chi connectivity index (χ2n) is 5.22. The second kappa shape index (κ2) is 8.36. The van der Waals surface area contributed by atoms with Crippen molar-refractivity contribution >= 4 is 35.6 Å². The van der Waals surface area contributed by atoms with Gasteiger partial charge in [0.25, 0.3) is 5.91 Å². The molecule has 2 amide bonds. The van der Waals surface area contributed by atoms with Crippen molar-refractivity contribution in [2.45, 2.75) is 37.6 Å². The third-order valence-electron chi connectivity index (χ3n) is 3.74. The van der Waals surface area contributed by atoms with Crippen LogP contribution in [-0.4, -0.2) is 30.4 Å². The average molecular weight is 332 g/mol. The molecule has 0 bridgehead atoms. The second-order valence-corrected chi connectivity index (χ2v) is 6.17. The molecule has 1 aromatic heterocycles. The van der Waals surface area contributed by atoms with Crippen molar-refractivity contribution in [2.24, 2.45) is 5.73 Å². The lowest BCUT2D eigenvalue weighted by Crippen LogP contribution is -2.52. The molecule has 1 aliphatic carbocycles. The molecule has 0 radical (unpaired) electrons. The van der Waals surface area contributed by atoms with Crippen LogP contribution in [0.2, 0.25) is 0 Å². The van der Waals surface area contributed by atoms with Gasteiger partial charge in [-0.25, -0.2) is 0 Å². The molecule has 4 N–H and O–H groups in total. The fourth-order valence-electron chi connectivity index (χ4n) is 2.57. The van der Waals surface area contributed by atoms with Gasteiger partial charge in [-0.2, -0.15) is 0 Å². The van der Waals surface area contributed by atoms with E-state index in [4.69, 9.17) is 5.73 Å². The van der Waals surface area contributed by atoms with E-state index in [1.165, 1.54) is 11.3 Å².